The Morgan fingerprint density at radius 2 is 1.92 bits per heavy atom. The summed E-state index contributed by atoms with van der Waals surface area (Å²) in [6.07, 6.45) is 5.83. The molecule has 3 rings (SSSR count). The van der Waals surface area contributed by atoms with Crippen LogP contribution in [-0.4, -0.2) is 33.6 Å². The van der Waals surface area contributed by atoms with Gasteiger partial charge in [-0.3, -0.25) is 4.98 Å². The average Bonchev–Trinajstić information content (AvgIpc) is 2.64. The maximum atomic E-state index is 5.04. The van der Waals surface area contributed by atoms with Gasteiger partial charge in [-0.2, -0.15) is 0 Å². The van der Waals surface area contributed by atoms with Crippen LogP contribution in [0.1, 0.15) is 5.69 Å². The van der Waals surface area contributed by atoms with E-state index in [4.69, 9.17) is 4.74 Å². The van der Waals surface area contributed by atoms with Crippen LogP contribution in [-0.2, 0) is 6.42 Å². The summed E-state index contributed by atoms with van der Waals surface area (Å²) in [4.78, 5) is 16.9. The molecule has 7 heteroatoms. The van der Waals surface area contributed by atoms with Crippen molar-refractivity contribution in [1.29, 1.82) is 0 Å². The molecule has 0 unspecified atom stereocenters. The predicted octanol–water partition coefficient (Wildman–Crippen LogP) is 2.67. The van der Waals surface area contributed by atoms with Crippen molar-refractivity contribution < 1.29 is 4.74 Å². The summed E-state index contributed by atoms with van der Waals surface area (Å²) >= 11 is 0. The highest BCUT2D eigenvalue weighted by Crippen LogP contribution is 2.17. The molecule has 3 heterocycles. The topological polar surface area (TPSA) is 84.9 Å². The van der Waals surface area contributed by atoms with Crippen molar-refractivity contribution in [2.75, 3.05) is 24.3 Å². The fourth-order valence-corrected chi connectivity index (χ4v) is 2.11. The zero-order valence-electron chi connectivity index (χ0n) is 13.3. The van der Waals surface area contributed by atoms with Gasteiger partial charge in [0.15, 0.2) is 0 Å². The van der Waals surface area contributed by atoms with Crippen LogP contribution in [0.2, 0.25) is 0 Å². The molecule has 0 spiro atoms. The van der Waals surface area contributed by atoms with Crippen molar-refractivity contribution in [2.24, 2.45) is 0 Å². The summed E-state index contributed by atoms with van der Waals surface area (Å²) in [5, 5.41) is 6.45. The van der Waals surface area contributed by atoms with Crippen LogP contribution < -0.4 is 15.4 Å². The SMILES string of the molecule is COc1ccc(Nc2cc(NCCc3ccccn3)ncn2)cn1. The van der Waals surface area contributed by atoms with Gasteiger partial charge in [-0.1, -0.05) is 6.07 Å². The summed E-state index contributed by atoms with van der Waals surface area (Å²) in [6.45, 7) is 0.748. The number of rotatable bonds is 7. The lowest BCUT2D eigenvalue weighted by Gasteiger charge is -2.08. The Bertz CT molecular complexity index is 764. The molecule has 0 saturated carbocycles. The molecule has 3 aromatic heterocycles. The van der Waals surface area contributed by atoms with Crippen LogP contribution in [0.5, 0.6) is 5.88 Å². The highest BCUT2D eigenvalue weighted by Gasteiger charge is 2.01. The molecule has 122 valence electrons. The van der Waals surface area contributed by atoms with Gasteiger partial charge in [0.25, 0.3) is 0 Å². The molecule has 0 fully saturated rings. The molecule has 0 saturated heterocycles. The fourth-order valence-electron chi connectivity index (χ4n) is 2.11. The van der Waals surface area contributed by atoms with Gasteiger partial charge in [-0.25, -0.2) is 15.0 Å². The van der Waals surface area contributed by atoms with Gasteiger partial charge in [-0.15, -0.1) is 0 Å². The highest BCUT2D eigenvalue weighted by atomic mass is 16.5. The van der Waals surface area contributed by atoms with Crippen molar-refractivity contribution in [3.63, 3.8) is 0 Å². The van der Waals surface area contributed by atoms with Crippen LogP contribution in [0.4, 0.5) is 17.3 Å². The molecule has 0 aliphatic carbocycles. The van der Waals surface area contributed by atoms with Crippen LogP contribution in [0.15, 0.2) is 55.1 Å². The second-order valence-corrected chi connectivity index (χ2v) is 5.00. The third-order valence-electron chi connectivity index (χ3n) is 3.30. The molecule has 0 aliphatic rings. The number of hydrogen-bond donors (Lipinski definition) is 2. The van der Waals surface area contributed by atoms with E-state index < -0.39 is 0 Å². The van der Waals surface area contributed by atoms with Crippen LogP contribution in [0.3, 0.4) is 0 Å². The summed E-state index contributed by atoms with van der Waals surface area (Å²) in [6, 6.07) is 11.4. The van der Waals surface area contributed by atoms with E-state index in [1.165, 1.54) is 6.33 Å². The number of nitrogens with one attached hydrogen (secondary N) is 2. The van der Waals surface area contributed by atoms with Crippen LogP contribution in [0.25, 0.3) is 0 Å². The van der Waals surface area contributed by atoms with Crippen molar-refractivity contribution in [2.45, 2.75) is 6.42 Å². The van der Waals surface area contributed by atoms with Gasteiger partial charge in [0.05, 0.1) is 19.0 Å². The molecule has 7 nitrogen and oxygen atoms in total. The summed E-state index contributed by atoms with van der Waals surface area (Å²) in [5.74, 6) is 2.02. The maximum absolute atomic E-state index is 5.04. The van der Waals surface area contributed by atoms with E-state index in [-0.39, 0.29) is 0 Å². The lowest BCUT2D eigenvalue weighted by molar-refractivity contribution is 0.398. The molecular weight excluding hydrogens is 304 g/mol. The van der Waals surface area contributed by atoms with E-state index in [1.807, 2.05) is 30.3 Å². The average molecular weight is 322 g/mol. The summed E-state index contributed by atoms with van der Waals surface area (Å²) < 4.78 is 5.04. The van der Waals surface area contributed by atoms with Crippen LogP contribution in [0, 0.1) is 0 Å². The van der Waals surface area contributed by atoms with Crippen molar-refractivity contribution in [1.82, 2.24) is 19.9 Å². The van der Waals surface area contributed by atoms with Crippen molar-refractivity contribution in [3.8, 4) is 5.88 Å². The first-order valence-corrected chi connectivity index (χ1v) is 7.56. The molecule has 0 bridgehead atoms. The molecule has 0 atom stereocenters. The minimum atomic E-state index is 0.570. The Hall–Kier alpha value is -3.22. The Kier molecular flexibility index (Phi) is 5.14. The van der Waals surface area contributed by atoms with Crippen molar-refractivity contribution >= 4 is 17.3 Å². The zero-order valence-corrected chi connectivity index (χ0v) is 13.3. The summed E-state index contributed by atoms with van der Waals surface area (Å²) in [7, 11) is 1.59. The van der Waals surface area contributed by atoms with E-state index in [0.717, 1.165) is 30.2 Å². The van der Waals surface area contributed by atoms with Gasteiger partial charge in [0.2, 0.25) is 5.88 Å². The first kappa shape index (κ1) is 15.7. The largest absolute Gasteiger partial charge is 0.481 e. The number of ether oxygens (including phenoxy) is 1. The first-order chi connectivity index (χ1) is 11.8. The second-order valence-electron chi connectivity index (χ2n) is 5.00. The molecular formula is C17H18N6O. The Morgan fingerprint density at radius 1 is 1.00 bits per heavy atom. The molecule has 3 aromatic rings. The number of nitrogens with zero attached hydrogens (tertiary/aromatic N) is 4. The second kappa shape index (κ2) is 7.87. The highest BCUT2D eigenvalue weighted by molar-refractivity contribution is 5.58. The first-order valence-electron chi connectivity index (χ1n) is 7.56. The Morgan fingerprint density at radius 3 is 2.67 bits per heavy atom. The smallest absolute Gasteiger partial charge is 0.213 e. The van der Waals surface area contributed by atoms with E-state index in [1.54, 1.807) is 25.6 Å². The van der Waals surface area contributed by atoms with Crippen molar-refractivity contribution in [3.05, 3.63) is 60.8 Å². The standard InChI is InChI=1S/C17H18N6O/c1-24-17-6-5-14(11-20-17)23-16-10-15(21-12-22-16)19-9-7-13-4-2-3-8-18-13/h2-6,8,10-12H,7,9H2,1H3,(H2,19,21,22,23). The van der Waals surface area contributed by atoms with E-state index in [0.29, 0.717) is 11.7 Å². The molecule has 24 heavy (non-hydrogen) atoms. The number of pyridine rings is 2. The number of aromatic nitrogens is 4. The fraction of sp³-hybridized carbons (Fsp3) is 0.176. The lowest BCUT2D eigenvalue weighted by atomic mass is 10.3. The number of anilines is 3. The maximum Gasteiger partial charge on any atom is 0.213 e. The van der Waals surface area contributed by atoms with E-state index in [9.17, 15) is 0 Å². The monoisotopic (exact) mass is 322 g/mol. The molecule has 0 amide bonds. The number of methoxy groups -OCH3 is 1. The quantitative estimate of drug-likeness (QED) is 0.691. The third-order valence-corrected chi connectivity index (χ3v) is 3.30. The van der Waals surface area contributed by atoms with Gasteiger partial charge in [0.1, 0.15) is 18.0 Å². The Balaban J connectivity index is 1.57. The minimum absolute atomic E-state index is 0.570. The van der Waals surface area contributed by atoms with E-state index >= 15 is 0 Å². The molecule has 0 aliphatic heterocycles. The van der Waals surface area contributed by atoms with E-state index in [2.05, 4.69) is 30.6 Å². The normalized spacial score (nSPS) is 10.2. The lowest BCUT2D eigenvalue weighted by Crippen LogP contribution is -2.08. The van der Waals surface area contributed by atoms with Gasteiger partial charge < -0.3 is 15.4 Å². The van der Waals surface area contributed by atoms with Gasteiger partial charge in [-0.05, 0) is 18.2 Å². The number of hydrogen-bond acceptors (Lipinski definition) is 7. The van der Waals surface area contributed by atoms with Gasteiger partial charge >= 0.3 is 0 Å². The molecule has 0 aromatic carbocycles. The van der Waals surface area contributed by atoms with Gasteiger partial charge in [0, 0.05) is 37.0 Å². The third kappa shape index (κ3) is 4.39. The minimum Gasteiger partial charge on any atom is -0.481 e. The zero-order chi connectivity index (χ0) is 16.6. The van der Waals surface area contributed by atoms with Crippen LogP contribution >= 0.6 is 0 Å². The molecule has 2 N–H and O–H groups in total. The Labute approximate surface area is 140 Å². The summed E-state index contributed by atoms with van der Waals surface area (Å²) in [5.41, 5.74) is 1.87. The molecule has 0 radical (unpaired) electrons. The predicted molar refractivity (Wildman–Crippen MR) is 92.5 cm³/mol.